The minimum Gasteiger partial charge on any atom is -0.380 e. The summed E-state index contributed by atoms with van der Waals surface area (Å²) in [6.07, 6.45) is 0. The highest BCUT2D eigenvalue weighted by molar-refractivity contribution is 5.37. The molecule has 0 aliphatic rings. The average Bonchev–Trinajstić information content (AvgIpc) is 2.49. The molecule has 0 heterocycles. The molecule has 0 radical (unpaired) electrons. The van der Waals surface area contributed by atoms with Crippen LogP contribution in [0.4, 0.5) is 4.39 Å². The van der Waals surface area contributed by atoms with Crippen LogP contribution in [-0.2, 0) is 24.4 Å². The Morgan fingerprint density at radius 1 is 1.10 bits per heavy atom. The Balaban J connectivity index is 2.02. The number of hydrogen-bond acceptors (Lipinski definition) is 3. The molecule has 2 aromatic rings. The van der Waals surface area contributed by atoms with Gasteiger partial charge in [-0.25, -0.2) is 4.39 Å². The largest absolute Gasteiger partial charge is 0.380 e. The molecule has 108 valence electrons. The molecule has 21 heavy (non-hydrogen) atoms. The molecule has 1 N–H and O–H groups in total. The highest BCUT2D eigenvalue weighted by atomic mass is 19.1. The molecule has 0 spiro atoms. The predicted molar refractivity (Wildman–Crippen MR) is 78.8 cm³/mol. The van der Waals surface area contributed by atoms with Crippen molar-refractivity contribution in [1.82, 2.24) is 5.32 Å². The number of methoxy groups -OCH3 is 1. The van der Waals surface area contributed by atoms with Crippen molar-refractivity contribution < 1.29 is 9.13 Å². The Kier molecular flexibility index (Phi) is 5.44. The van der Waals surface area contributed by atoms with Gasteiger partial charge in [-0.1, -0.05) is 24.3 Å². The van der Waals surface area contributed by atoms with Gasteiger partial charge in [0.15, 0.2) is 0 Å². The van der Waals surface area contributed by atoms with Crippen LogP contribution in [0.5, 0.6) is 0 Å². The first-order valence-electron chi connectivity index (χ1n) is 6.69. The fourth-order valence-electron chi connectivity index (χ4n) is 2.18. The maximum absolute atomic E-state index is 13.2. The molecule has 0 amide bonds. The molecule has 2 rings (SSSR count). The van der Waals surface area contributed by atoms with Gasteiger partial charge in [-0.05, 0) is 34.9 Å². The predicted octanol–water partition coefficient (Wildman–Crippen LogP) is 3.13. The van der Waals surface area contributed by atoms with Gasteiger partial charge in [-0.2, -0.15) is 5.26 Å². The van der Waals surface area contributed by atoms with Crippen molar-refractivity contribution in [3.05, 3.63) is 70.5 Å². The summed E-state index contributed by atoms with van der Waals surface area (Å²) in [5.74, 6) is -0.328. The quantitative estimate of drug-likeness (QED) is 0.886. The maximum Gasteiger partial charge on any atom is 0.123 e. The smallest absolute Gasteiger partial charge is 0.123 e. The van der Waals surface area contributed by atoms with Gasteiger partial charge in [0, 0.05) is 20.2 Å². The Labute approximate surface area is 124 Å². The maximum atomic E-state index is 13.2. The summed E-state index contributed by atoms with van der Waals surface area (Å²) in [6, 6.07) is 14.3. The zero-order chi connectivity index (χ0) is 15.1. The standard InChI is InChI=1S/C17H17FN2O/c1-21-12-15-5-3-2-4-14(15)10-20-11-16-8-17(18)7-6-13(16)9-19/h2-8,20H,10-12H2,1H3. The molecule has 0 saturated carbocycles. The van der Waals surface area contributed by atoms with Gasteiger partial charge in [-0.15, -0.1) is 0 Å². The minimum absolute atomic E-state index is 0.328. The monoisotopic (exact) mass is 284 g/mol. The number of nitrogens with zero attached hydrogens (tertiary/aromatic N) is 1. The molecule has 3 nitrogen and oxygen atoms in total. The number of nitrogens with one attached hydrogen (secondary N) is 1. The highest BCUT2D eigenvalue weighted by Crippen LogP contribution is 2.12. The third kappa shape index (κ3) is 4.12. The first-order valence-corrected chi connectivity index (χ1v) is 6.69. The number of halogens is 1. The molecule has 0 bridgehead atoms. The minimum atomic E-state index is -0.328. The SMILES string of the molecule is COCc1ccccc1CNCc1cc(F)ccc1C#N. The van der Waals surface area contributed by atoms with Crippen molar-refractivity contribution in [3.63, 3.8) is 0 Å². The highest BCUT2D eigenvalue weighted by Gasteiger charge is 2.05. The van der Waals surface area contributed by atoms with Gasteiger partial charge in [0.05, 0.1) is 18.2 Å². The fourth-order valence-corrected chi connectivity index (χ4v) is 2.18. The van der Waals surface area contributed by atoms with Gasteiger partial charge in [0.2, 0.25) is 0 Å². The van der Waals surface area contributed by atoms with E-state index in [1.165, 1.54) is 18.2 Å². The van der Waals surface area contributed by atoms with E-state index in [-0.39, 0.29) is 5.82 Å². The first-order chi connectivity index (χ1) is 10.2. The van der Waals surface area contributed by atoms with Crippen LogP contribution in [0.2, 0.25) is 0 Å². The Bertz CT molecular complexity index is 649. The summed E-state index contributed by atoms with van der Waals surface area (Å²) in [5.41, 5.74) is 3.41. The van der Waals surface area contributed by atoms with Crippen molar-refractivity contribution in [2.24, 2.45) is 0 Å². The van der Waals surface area contributed by atoms with Crippen molar-refractivity contribution in [2.75, 3.05) is 7.11 Å². The van der Waals surface area contributed by atoms with Crippen molar-refractivity contribution in [2.45, 2.75) is 19.7 Å². The van der Waals surface area contributed by atoms with E-state index in [1.54, 1.807) is 7.11 Å². The van der Waals surface area contributed by atoms with E-state index in [2.05, 4.69) is 11.4 Å². The van der Waals surface area contributed by atoms with Crippen LogP contribution in [0.3, 0.4) is 0 Å². The molecular weight excluding hydrogens is 267 g/mol. The summed E-state index contributed by atoms with van der Waals surface area (Å²) in [5, 5.41) is 12.3. The lowest BCUT2D eigenvalue weighted by Gasteiger charge is -2.11. The molecule has 0 atom stereocenters. The Morgan fingerprint density at radius 3 is 2.52 bits per heavy atom. The molecular formula is C17H17FN2O. The molecule has 0 aromatic heterocycles. The van der Waals surface area contributed by atoms with Gasteiger partial charge < -0.3 is 10.1 Å². The zero-order valence-electron chi connectivity index (χ0n) is 11.9. The Hall–Kier alpha value is -2.22. The first kappa shape index (κ1) is 15.2. The third-order valence-electron chi connectivity index (χ3n) is 3.24. The number of nitriles is 1. The zero-order valence-corrected chi connectivity index (χ0v) is 11.9. The number of ether oxygens (including phenoxy) is 1. The lowest BCUT2D eigenvalue weighted by Crippen LogP contribution is -2.15. The molecule has 0 aliphatic carbocycles. The molecule has 0 unspecified atom stereocenters. The number of rotatable bonds is 6. The molecule has 0 saturated heterocycles. The van der Waals surface area contributed by atoms with Crippen molar-refractivity contribution in [1.29, 1.82) is 5.26 Å². The summed E-state index contributed by atoms with van der Waals surface area (Å²) in [4.78, 5) is 0. The van der Waals surface area contributed by atoms with Crippen LogP contribution < -0.4 is 5.32 Å². The third-order valence-corrected chi connectivity index (χ3v) is 3.24. The normalized spacial score (nSPS) is 10.3. The second-order valence-corrected chi connectivity index (χ2v) is 4.72. The number of hydrogen-bond donors (Lipinski definition) is 1. The summed E-state index contributed by atoms with van der Waals surface area (Å²) < 4.78 is 18.4. The van der Waals surface area contributed by atoms with Crippen molar-refractivity contribution in [3.8, 4) is 6.07 Å². The van der Waals surface area contributed by atoms with Crippen LogP contribution in [0.15, 0.2) is 42.5 Å². The van der Waals surface area contributed by atoms with E-state index in [9.17, 15) is 4.39 Å². The molecule has 0 aliphatic heterocycles. The van der Waals surface area contributed by atoms with E-state index in [1.807, 2.05) is 24.3 Å². The summed E-state index contributed by atoms with van der Waals surface area (Å²) in [6.45, 7) is 1.64. The van der Waals surface area contributed by atoms with Gasteiger partial charge >= 0.3 is 0 Å². The second-order valence-electron chi connectivity index (χ2n) is 4.72. The number of benzene rings is 2. The fraction of sp³-hybridized carbons (Fsp3) is 0.235. The second kappa shape index (κ2) is 7.53. The molecule has 4 heteroatoms. The van der Waals surface area contributed by atoms with Crippen LogP contribution in [-0.4, -0.2) is 7.11 Å². The molecule has 2 aromatic carbocycles. The van der Waals surface area contributed by atoms with E-state index < -0.39 is 0 Å². The van der Waals surface area contributed by atoms with E-state index in [4.69, 9.17) is 10.00 Å². The van der Waals surface area contributed by atoms with Gasteiger partial charge in [0.25, 0.3) is 0 Å². The van der Waals surface area contributed by atoms with Crippen LogP contribution >= 0.6 is 0 Å². The summed E-state index contributed by atoms with van der Waals surface area (Å²) in [7, 11) is 1.66. The van der Waals surface area contributed by atoms with Crippen LogP contribution in [0.1, 0.15) is 22.3 Å². The van der Waals surface area contributed by atoms with Crippen molar-refractivity contribution >= 4 is 0 Å². The lowest BCUT2D eigenvalue weighted by molar-refractivity contribution is 0.184. The summed E-state index contributed by atoms with van der Waals surface area (Å²) >= 11 is 0. The Morgan fingerprint density at radius 2 is 1.81 bits per heavy atom. The van der Waals surface area contributed by atoms with Gasteiger partial charge in [-0.3, -0.25) is 0 Å². The van der Waals surface area contributed by atoms with E-state index in [0.29, 0.717) is 30.8 Å². The van der Waals surface area contributed by atoms with Crippen LogP contribution in [0, 0.1) is 17.1 Å². The van der Waals surface area contributed by atoms with E-state index in [0.717, 1.165) is 11.1 Å². The lowest BCUT2D eigenvalue weighted by atomic mass is 10.1. The average molecular weight is 284 g/mol. The van der Waals surface area contributed by atoms with Gasteiger partial charge in [0.1, 0.15) is 5.82 Å². The van der Waals surface area contributed by atoms with Crippen LogP contribution in [0.25, 0.3) is 0 Å². The molecule has 0 fully saturated rings. The van der Waals surface area contributed by atoms with E-state index >= 15 is 0 Å². The topological polar surface area (TPSA) is 45.0 Å².